The fourth-order valence-electron chi connectivity index (χ4n) is 1.93. The number of carbonyl (C=O) groups excluding carboxylic acids is 1. The second kappa shape index (κ2) is 3.49. The maximum absolute atomic E-state index is 11.4. The van der Waals surface area contributed by atoms with Crippen LogP contribution in [0.4, 0.5) is 0 Å². The molecule has 3 rings (SSSR count). The number of ether oxygens (including phenoxy) is 1. The predicted octanol–water partition coefficient (Wildman–Crippen LogP) is 2.74. The minimum absolute atomic E-state index is 0.0487. The molecule has 0 unspecified atom stereocenters. The first kappa shape index (κ1) is 8.11. The molecule has 0 atom stereocenters. The number of allylic oxidation sites excluding steroid dienone is 9. The van der Waals surface area contributed by atoms with Crippen LogP contribution in [0.15, 0.2) is 71.1 Å². The minimum atomic E-state index is -0.568. The fourth-order valence-corrected chi connectivity index (χ4v) is 1.93. The van der Waals surface area contributed by atoms with Gasteiger partial charge in [-0.3, -0.25) is 0 Å². The lowest BCUT2D eigenvalue weighted by atomic mass is 9.95. The highest BCUT2D eigenvalue weighted by atomic mass is 16.5. The van der Waals surface area contributed by atoms with Crippen LogP contribution in [0.25, 0.3) is 0 Å². The van der Waals surface area contributed by atoms with Crippen LogP contribution in [0.5, 0.6) is 0 Å². The van der Waals surface area contributed by atoms with E-state index in [4.69, 9.17) is 6.11 Å². The molecule has 2 heteroatoms. The van der Waals surface area contributed by atoms with Crippen molar-refractivity contribution in [2.45, 2.75) is 6.42 Å². The lowest BCUT2D eigenvalue weighted by Crippen LogP contribution is -1.96. The van der Waals surface area contributed by atoms with E-state index < -0.39 is 5.97 Å². The van der Waals surface area contributed by atoms with Crippen LogP contribution in [0, 0.1) is 0 Å². The van der Waals surface area contributed by atoms with Crippen molar-refractivity contribution >= 4 is 5.97 Å². The van der Waals surface area contributed by atoms with Crippen LogP contribution in [-0.4, -0.2) is 5.97 Å². The molecular formula is C14H10O2. The molecule has 0 saturated heterocycles. The lowest BCUT2D eigenvalue weighted by molar-refractivity contribution is -0.132. The molecule has 2 nitrogen and oxygen atoms in total. The Labute approximate surface area is 95.0 Å². The van der Waals surface area contributed by atoms with Gasteiger partial charge in [0.25, 0.3) is 0 Å². The molecular weight excluding hydrogens is 200 g/mol. The van der Waals surface area contributed by atoms with Crippen molar-refractivity contribution in [3.05, 3.63) is 71.1 Å². The maximum atomic E-state index is 11.4. The topological polar surface area (TPSA) is 26.3 Å². The molecule has 0 spiro atoms. The smallest absolute Gasteiger partial charge is 0.336 e. The van der Waals surface area contributed by atoms with Crippen LogP contribution >= 0.6 is 0 Å². The van der Waals surface area contributed by atoms with Crippen LogP contribution in [-0.2, 0) is 9.53 Å². The van der Waals surface area contributed by atoms with Crippen molar-refractivity contribution in [1.29, 1.82) is 0 Å². The van der Waals surface area contributed by atoms with Gasteiger partial charge in [-0.25, -0.2) is 4.79 Å². The van der Waals surface area contributed by atoms with Gasteiger partial charge in [0.2, 0.25) is 0 Å². The van der Waals surface area contributed by atoms with Gasteiger partial charge in [-0.15, -0.1) is 0 Å². The van der Waals surface area contributed by atoms with Gasteiger partial charge >= 0.3 is 5.97 Å². The zero-order valence-electron chi connectivity index (χ0n) is 9.57. The van der Waals surface area contributed by atoms with Crippen molar-refractivity contribution in [3.63, 3.8) is 0 Å². The highest BCUT2D eigenvalue weighted by Crippen LogP contribution is 2.33. The Hall–Kier alpha value is -2.09. The molecule has 0 amide bonds. The number of hydrogen-bond donors (Lipinski definition) is 0. The summed E-state index contributed by atoms with van der Waals surface area (Å²) in [5.74, 6) is -0.0851. The first-order chi connectivity index (χ1) is 8.25. The van der Waals surface area contributed by atoms with E-state index in [0.29, 0.717) is 11.3 Å². The number of hydrogen-bond acceptors (Lipinski definition) is 2. The molecule has 0 N–H and O–H groups in total. The normalized spacial score (nSPS) is 23.4. The van der Waals surface area contributed by atoms with Gasteiger partial charge in [-0.1, -0.05) is 36.5 Å². The first-order valence-corrected chi connectivity index (χ1v) is 5.14. The molecule has 2 bridgehead atoms. The quantitative estimate of drug-likeness (QED) is 0.576. The number of carbonyl (C=O) groups is 1. The predicted molar refractivity (Wildman–Crippen MR) is 61.3 cm³/mol. The van der Waals surface area contributed by atoms with E-state index in [1.165, 1.54) is 0 Å². The lowest BCUT2D eigenvalue weighted by Gasteiger charge is -2.11. The molecule has 78 valence electrons. The number of fused-ring (bicyclic) bond motifs is 4. The second-order valence-electron chi connectivity index (χ2n) is 3.77. The van der Waals surface area contributed by atoms with Crippen molar-refractivity contribution in [2.24, 2.45) is 0 Å². The zero-order valence-corrected chi connectivity index (χ0v) is 8.57. The molecule has 0 radical (unpaired) electrons. The zero-order chi connectivity index (χ0) is 11.8. The van der Waals surface area contributed by atoms with E-state index in [1.807, 2.05) is 36.5 Å². The summed E-state index contributed by atoms with van der Waals surface area (Å²) in [5.41, 5.74) is 2.73. The summed E-state index contributed by atoms with van der Waals surface area (Å²) >= 11 is 0. The van der Waals surface area contributed by atoms with Crippen LogP contribution in [0.3, 0.4) is 0 Å². The third kappa shape index (κ3) is 1.48. The van der Waals surface area contributed by atoms with Crippen LogP contribution < -0.4 is 0 Å². The Morgan fingerprint density at radius 3 is 3.00 bits per heavy atom. The third-order valence-electron chi connectivity index (χ3n) is 2.67. The Bertz CT molecular complexity index is 583. The summed E-state index contributed by atoms with van der Waals surface area (Å²) in [6.45, 7) is 0. The SMILES string of the molecule is [2H]C1=C2C3=CC=CC=C(C=CC=C2OC1=O)C3. The Balaban J connectivity index is 2.23. The van der Waals surface area contributed by atoms with Crippen molar-refractivity contribution in [2.75, 3.05) is 0 Å². The van der Waals surface area contributed by atoms with Crippen molar-refractivity contribution in [1.82, 2.24) is 0 Å². The molecule has 0 aromatic carbocycles. The molecule has 1 aliphatic heterocycles. The van der Waals surface area contributed by atoms with Gasteiger partial charge in [0.15, 0.2) is 0 Å². The second-order valence-corrected chi connectivity index (χ2v) is 3.77. The first-order valence-electron chi connectivity index (χ1n) is 5.64. The summed E-state index contributed by atoms with van der Waals surface area (Å²) in [5, 5.41) is 0. The highest BCUT2D eigenvalue weighted by molar-refractivity contribution is 5.90. The summed E-state index contributed by atoms with van der Waals surface area (Å²) in [6.07, 6.45) is 14.1. The summed E-state index contributed by atoms with van der Waals surface area (Å²) in [4.78, 5) is 11.4. The minimum Gasteiger partial charge on any atom is -0.423 e. The van der Waals surface area contributed by atoms with Gasteiger partial charge in [0.1, 0.15) is 5.76 Å². The van der Waals surface area contributed by atoms with E-state index in [9.17, 15) is 4.79 Å². The number of esters is 1. The summed E-state index contributed by atoms with van der Waals surface area (Å²) < 4.78 is 12.9. The average molecular weight is 211 g/mol. The molecule has 16 heavy (non-hydrogen) atoms. The van der Waals surface area contributed by atoms with E-state index in [0.717, 1.165) is 17.6 Å². The molecule has 3 aliphatic rings. The molecule has 0 saturated carbocycles. The summed E-state index contributed by atoms with van der Waals surface area (Å²) in [6, 6.07) is -0.0487. The fraction of sp³-hybridized carbons (Fsp3) is 0.0714. The summed E-state index contributed by atoms with van der Waals surface area (Å²) in [7, 11) is 0. The van der Waals surface area contributed by atoms with Gasteiger partial charge in [-0.05, 0) is 23.6 Å². The highest BCUT2D eigenvalue weighted by Gasteiger charge is 2.23. The largest absolute Gasteiger partial charge is 0.423 e. The van der Waals surface area contributed by atoms with Crippen LogP contribution in [0.1, 0.15) is 7.79 Å². The van der Waals surface area contributed by atoms with E-state index in [2.05, 4.69) is 0 Å². The number of rotatable bonds is 0. The Morgan fingerprint density at radius 1 is 1.19 bits per heavy atom. The molecule has 2 aliphatic carbocycles. The monoisotopic (exact) mass is 211 g/mol. The maximum Gasteiger partial charge on any atom is 0.336 e. The molecule has 0 aromatic heterocycles. The van der Waals surface area contributed by atoms with Gasteiger partial charge in [-0.2, -0.15) is 0 Å². The average Bonchev–Trinajstić information content (AvgIpc) is 2.52. The molecule has 0 fully saturated rings. The molecule has 0 aromatic rings. The Kier molecular flexibility index (Phi) is 1.77. The third-order valence-corrected chi connectivity index (χ3v) is 2.67. The van der Waals surface area contributed by atoms with E-state index >= 15 is 0 Å². The Morgan fingerprint density at radius 2 is 2.06 bits per heavy atom. The molecule has 1 heterocycles. The van der Waals surface area contributed by atoms with Crippen LogP contribution in [0.2, 0.25) is 0 Å². The van der Waals surface area contributed by atoms with Gasteiger partial charge in [0, 0.05) is 11.6 Å². The van der Waals surface area contributed by atoms with Crippen molar-refractivity contribution < 1.29 is 10.9 Å². The standard InChI is InChI=1S/C14H10O2/c15-14-9-12-11-6-2-1-4-10(8-11)5-3-7-13(12)16-14/h1-7,9H,8H2/i9D. The van der Waals surface area contributed by atoms with E-state index in [-0.39, 0.29) is 6.05 Å². The van der Waals surface area contributed by atoms with Crippen molar-refractivity contribution in [3.8, 4) is 0 Å². The van der Waals surface area contributed by atoms with E-state index in [1.54, 1.807) is 6.08 Å². The van der Waals surface area contributed by atoms with Gasteiger partial charge < -0.3 is 4.74 Å². The van der Waals surface area contributed by atoms with Gasteiger partial charge in [0.05, 0.1) is 1.37 Å².